The molecule has 1 aliphatic carbocycles. The molecule has 0 radical (unpaired) electrons. The van der Waals surface area contributed by atoms with Crippen LogP contribution < -0.4 is 0 Å². The molecule has 1 atom stereocenters. The van der Waals surface area contributed by atoms with Gasteiger partial charge in [0, 0.05) is 41.4 Å². The number of nitrogens with zero attached hydrogens (tertiary/aromatic N) is 3. The van der Waals surface area contributed by atoms with E-state index in [-0.39, 0.29) is 36.4 Å². The number of halogens is 1. The fourth-order valence-corrected chi connectivity index (χ4v) is 5.20. The smallest absolute Gasteiger partial charge is 0.242 e. The maximum atomic E-state index is 13.8. The van der Waals surface area contributed by atoms with E-state index >= 15 is 0 Å². The van der Waals surface area contributed by atoms with Gasteiger partial charge < -0.3 is 14.4 Å². The minimum atomic E-state index is 0.0553. The summed E-state index contributed by atoms with van der Waals surface area (Å²) in [6.07, 6.45) is 9.08. The maximum absolute atomic E-state index is 13.8. The van der Waals surface area contributed by atoms with Gasteiger partial charge in [0.15, 0.2) is 0 Å². The molecule has 35 heavy (non-hydrogen) atoms. The third kappa shape index (κ3) is 7.96. The monoisotopic (exact) mass is 543 g/mol. The van der Waals surface area contributed by atoms with Gasteiger partial charge in [-0.2, -0.15) is 0 Å². The van der Waals surface area contributed by atoms with Gasteiger partial charge in [-0.05, 0) is 61.9 Å². The Bertz CT molecular complexity index is 947. The second-order valence-electron chi connectivity index (χ2n) is 10.4. The lowest BCUT2D eigenvalue weighted by atomic mass is 9.94. The van der Waals surface area contributed by atoms with Crippen molar-refractivity contribution in [1.82, 2.24) is 14.4 Å². The molecule has 0 bridgehead atoms. The Morgan fingerprint density at radius 1 is 1.03 bits per heavy atom. The van der Waals surface area contributed by atoms with Crippen molar-refractivity contribution in [2.75, 3.05) is 6.54 Å². The first kappa shape index (κ1) is 27.5. The molecule has 2 aromatic rings. The minimum absolute atomic E-state index is 0.0553. The molecule has 1 fully saturated rings. The molecule has 1 aromatic heterocycles. The fraction of sp³-hybridized carbons (Fsp3) is 0.586. The average Bonchev–Trinajstić information content (AvgIpc) is 3.28. The van der Waals surface area contributed by atoms with E-state index in [1.54, 1.807) is 0 Å². The molecule has 5 nitrogen and oxygen atoms in total. The highest BCUT2D eigenvalue weighted by Crippen LogP contribution is 2.25. The number of benzene rings is 1. The van der Waals surface area contributed by atoms with Gasteiger partial charge in [-0.15, -0.1) is 0 Å². The summed E-state index contributed by atoms with van der Waals surface area (Å²) >= 11 is 3.51. The van der Waals surface area contributed by atoms with Crippen molar-refractivity contribution in [3.63, 3.8) is 0 Å². The lowest BCUT2D eigenvalue weighted by Gasteiger charge is -2.37. The molecule has 1 aromatic carbocycles. The topological polar surface area (TPSA) is 45.6 Å². The normalized spacial score (nSPS) is 15.3. The summed E-state index contributed by atoms with van der Waals surface area (Å²) in [6, 6.07) is 12.9. The van der Waals surface area contributed by atoms with Crippen molar-refractivity contribution >= 4 is 27.7 Å². The van der Waals surface area contributed by atoms with Crippen LogP contribution in [0.3, 0.4) is 0 Å². The van der Waals surface area contributed by atoms with E-state index < -0.39 is 0 Å². The molecule has 192 valence electrons. The zero-order valence-corrected chi connectivity index (χ0v) is 23.5. The summed E-state index contributed by atoms with van der Waals surface area (Å²) < 4.78 is 3.31. The summed E-state index contributed by atoms with van der Waals surface area (Å²) in [6.45, 7) is 9.78. The van der Waals surface area contributed by atoms with Crippen molar-refractivity contribution in [2.24, 2.45) is 5.92 Å². The SMILES string of the molecule is CCC(C)N(CC(=O)N(Cc1cccn1Cc1ccc(Br)cc1)C1CCCCC1)C(=O)CC(C)C. The second-order valence-corrected chi connectivity index (χ2v) is 11.4. The van der Waals surface area contributed by atoms with Gasteiger partial charge in [0.2, 0.25) is 11.8 Å². The lowest BCUT2D eigenvalue weighted by Crippen LogP contribution is -2.49. The molecule has 0 N–H and O–H groups in total. The molecule has 3 rings (SSSR count). The van der Waals surface area contributed by atoms with Crippen LogP contribution in [0.1, 0.15) is 83.9 Å². The first-order valence-corrected chi connectivity index (χ1v) is 14.0. The van der Waals surface area contributed by atoms with Crippen molar-refractivity contribution in [3.8, 4) is 0 Å². The Morgan fingerprint density at radius 2 is 1.71 bits per heavy atom. The standard InChI is InChI=1S/C29H42BrN3O2/c1-5-23(4)32(28(34)18-22(2)3)21-29(35)33(26-10-7-6-8-11-26)20-27-12-9-17-31(27)19-24-13-15-25(30)16-14-24/h9,12-17,22-23,26H,5-8,10-11,18-21H2,1-4H3. The molecule has 0 spiro atoms. The summed E-state index contributed by atoms with van der Waals surface area (Å²) in [5.41, 5.74) is 2.36. The van der Waals surface area contributed by atoms with E-state index in [0.717, 1.165) is 48.8 Å². The van der Waals surface area contributed by atoms with E-state index in [2.05, 4.69) is 95.7 Å². The third-order valence-corrected chi connectivity index (χ3v) is 7.72. The number of amides is 2. The van der Waals surface area contributed by atoms with Crippen LogP contribution in [0.5, 0.6) is 0 Å². The Labute approximate surface area is 220 Å². The lowest BCUT2D eigenvalue weighted by molar-refractivity contribution is -0.145. The van der Waals surface area contributed by atoms with Crippen LogP contribution in [0.4, 0.5) is 0 Å². The fourth-order valence-electron chi connectivity index (χ4n) is 4.94. The summed E-state index contributed by atoms with van der Waals surface area (Å²) in [7, 11) is 0. The molecule has 0 saturated heterocycles. The largest absolute Gasteiger partial charge is 0.345 e. The van der Waals surface area contributed by atoms with Gasteiger partial charge in [-0.1, -0.05) is 68.1 Å². The molecule has 0 aliphatic heterocycles. The number of carbonyl (C=O) groups is 2. The molecular weight excluding hydrogens is 502 g/mol. The predicted molar refractivity (Wildman–Crippen MR) is 146 cm³/mol. The summed E-state index contributed by atoms with van der Waals surface area (Å²) in [5.74, 6) is 0.441. The zero-order chi connectivity index (χ0) is 25.4. The first-order chi connectivity index (χ1) is 16.8. The third-order valence-electron chi connectivity index (χ3n) is 7.19. The number of hydrogen-bond donors (Lipinski definition) is 0. The molecule has 1 unspecified atom stereocenters. The predicted octanol–water partition coefficient (Wildman–Crippen LogP) is 6.63. The van der Waals surface area contributed by atoms with Crippen molar-refractivity contribution in [2.45, 2.75) is 97.8 Å². The highest BCUT2D eigenvalue weighted by atomic mass is 79.9. The Balaban J connectivity index is 1.80. The molecule has 1 aliphatic rings. The first-order valence-electron chi connectivity index (χ1n) is 13.3. The molecule has 6 heteroatoms. The van der Waals surface area contributed by atoms with Crippen LogP contribution in [-0.2, 0) is 22.7 Å². The quantitative estimate of drug-likeness (QED) is 0.319. The number of rotatable bonds is 11. The average molecular weight is 545 g/mol. The molecular formula is C29H42BrN3O2. The molecule has 2 amide bonds. The Hall–Kier alpha value is -2.08. The van der Waals surface area contributed by atoms with Crippen molar-refractivity contribution < 1.29 is 9.59 Å². The number of hydrogen-bond acceptors (Lipinski definition) is 2. The van der Waals surface area contributed by atoms with Crippen molar-refractivity contribution in [3.05, 3.63) is 58.3 Å². The van der Waals surface area contributed by atoms with Gasteiger partial charge in [0.25, 0.3) is 0 Å². The van der Waals surface area contributed by atoms with Crippen LogP contribution in [-0.4, -0.2) is 44.8 Å². The summed E-state index contributed by atoms with van der Waals surface area (Å²) in [5, 5.41) is 0. The highest BCUT2D eigenvalue weighted by Gasteiger charge is 2.30. The highest BCUT2D eigenvalue weighted by molar-refractivity contribution is 9.10. The van der Waals surface area contributed by atoms with Crippen LogP contribution in [0, 0.1) is 5.92 Å². The second kappa shape index (κ2) is 13.3. The van der Waals surface area contributed by atoms with Gasteiger partial charge in [0.05, 0.1) is 6.54 Å². The molecule has 1 heterocycles. The van der Waals surface area contributed by atoms with Crippen molar-refractivity contribution in [1.29, 1.82) is 0 Å². The van der Waals surface area contributed by atoms with Gasteiger partial charge in [-0.25, -0.2) is 0 Å². The van der Waals surface area contributed by atoms with Crippen LogP contribution >= 0.6 is 15.9 Å². The van der Waals surface area contributed by atoms with Crippen LogP contribution in [0.25, 0.3) is 0 Å². The van der Waals surface area contributed by atoms with Gasteiger partial charge in [0.1, 0.15) is 6.54 Å². The van der Waals surface area contributed by atoms with E-state index in [1.165, 1.54) is 12.0 Å². The van der Waals surface area contributed by atoms with Crippen LogP contribution in [0.2, 0.25) is 0 Å². The number of carbonyl (C=O) groups excluding carboxylic acids is 2. The number of aromatic nitrogens is 1. The van der Waals surface area contributed by atoms with Gasteiger partial charge in [-0.3, -0.25) is 9.59 Å². The van der Waals surface area contributed by atoms with E-state index in [1.807, 2.05) is 4.90 Å². The van der Waals surface area contributed by atoms with E-state index in [9.17, 15) is 9.59 Å². The Kier molecular flexibility index (Phi) is 10.4. The van der Waals surface area contributed by atoms with E-state index in [4.69, 9.17) is 0 Å². The van der Waals surface area contributed by atoms with E-state index in [0.29, 0.717) is 13.0 Å². The van der Waals surface area contributed by atoms with Crippen LogP contribution in [0.15, 0.2) is 47.1 Å². The summed E-state index contributed by atoms with van der Waals surface area (Å²) in [4.78, 5) is 30.7. The maximum Gasteiger partial charge on any atom is 0.242 e. The Morgan fingerprint density at radius 3 is 2.34 bits per heavy atom. The zero-order valence-electron chi connectivity index (χ0n) is 21.9. The molecule has 1 saturated carbocycles. The minimum Gasteiger partial charge on any atom is -0.345 e. The van der Waals surface area contributed by atoms with Gasteiger partial charge >= 0.3 is 0 Å².